The largest absolute Gasteiger partial charge is 0.444 e. The van der Waals surface area contributed by atoms with E-state index in [1.807, 2.05) is 20.8 Å². The Balaban J connectivity index is 1.69. The maximum absolute atomic E-state index is 11.7. The van der Waals surface area contributed by atoms with Crippen LogP contribution in [0.2, 0.25) is 0 Å². The lowest BCUT2D eigenvalue weighted by Crippen LogP contribution is -2.52. The van der Waals surface area contributed by atoms with Crippen LogP contribution in [0.25, 0.3) is 0 Å². The number of piperidine rings is 1. The minimum Gasteiger partial charge on any atom is -0.444 e. The zero-order chi connectivity index (χ0) is 21.3. The first-order valence-corrected chi connectivity index (χ1v) is 10.5. The highest BCUT2D eigenvalue weighted by atomic mass is 16.6. The van der Waals surface area contributed by atoms with E-state index in [1.54, 1.807) is 7.05 Å². The number of rotatable bonds is 6. The minimum absolute atomic E-state index is 0.391. The molecule has 0 aliphatic carbocycles. The summed E-state index contributed by atoms with van der Waals surface area (Å²) in [6, 6.07) is 11.5. The van der Waals surface area contributed by atoms with Crippen LogP contribution in [0.15, 0.2) is 35.3 Å². The van der Waals surface area contributed by atoms with E-state index in [0.717, 1.165) is 31.9 Å². The molecule has 1 heterocycles. The van der Waals surface area contributed by atoms with E-state index >= 15 is 0 Å². The van der Waals surface area contributed by atoms with Crippen LogP contribution in [0.4, 0.5) is 4.79 Å². The van der Waals surface area contributed by atoms with E-state index in [0.29, 0.717) is 25.2 Å². The number of guanidine groups is 1. The van der Waals surface area contributed by atoms with Gasteiger partial charge < -0.3 is 20.7 Å². The molecule has 7 heteroatoms. The standard InChI is InChI=1S/C22H37N5O2/c1-17-15-19(11-14-27(17)16-18-9-7-6-8-10-18)26-20(23-5)24-12-13-25-21(28)29-22(2,3)4/h6-10,17,19H,11-16H2,1-5H3,(H,25,28)(H2,23,24,26). The second-order valence-electron chi connectivity index (χ2n) is 8.60. The van der Waals surface area contributed by atoms with E-state index in [4.69, 9.17) is 4.74 Å². The fourth-order valence-corrected chi connectivity index (χ4v) is 3.45. The summed E-state index contributed by atoms with van der Waals surface area (Å²) in [5, 5.41) is 9.52. The molecule has 7 nitrogen and oxygen atoms in total. The molecule has 29 heavy (non-hydrogen) atoms. The molecule has 3 N–H and O–H groups in total. The van der Waals surface area contributed by atoms with Gasteiger partial charge in [0.1, 0.15) is 5.60 Å². The highest BCUT2D eigenvalue weighted by Gasteiger charge is 2.26. The number of nitrogens with zero attached hydrogens (tertiary/aromatic N) is 2. The zero-order valence-electron chi connectivity index (χ0n) is 18.5. The molecule has 162 valence electrons. The molecule has 0 saturated carbocycles. The number of benzene rings is 1. The smallest absolute Gasteiger partial charge is 0.407 e. The van der Waals surface area contributed by atoms with Gasteiger partial charge in [-0.05, 0) is 46.1 Å². The Labute approximate surface area is 175 Å². The van der Waals surface area contributed by atoms with Gasteiger partial charge in [0.15, 0.2) is 5.96 Å². The third-order valence-corrected chi connectivity index (χ3v) is 4.89. The first kappa shape index (κ1) is 23.0. The number of likely N-dealkylation sites (tertiary alicyclic amines) is 1. The summed E-state index contributed by atoms with van der Waals surface area (Å²) < 4.78 is 5.23. The molecule has 0 spiro atoms. The van der Waals surface area contributed by atoms with Crippen molar-refractivity contribution >= 4 is 12.1 Å². The average Bonchev–Trinajstić information content (AvgIpc) is 2.65. The van der Waals surface area contributed by atoms with Crippen LogP contribution in [0.5, 0.6) is 0 Å². The molecule has 0 bridgehead atoms. The summed E-state index contributed by atoms with van der Waals surface area (Å²) >= 11 is 0. The molecule has 1 fully saturated rings. The SMILES string of the molecule is CN=C(NCCNC(=O)OC(C)(C)C)NC1CCN(Cc2ccccc2)C(C)C1. The Morgan fingerprint density at radius 2 is 1.90 bits per heavy atom. The van der Waals surface area contributed by atoms with E-state index in [9.17, 15) is 4.79 Å². The van der Waals surface area contributed by atoms with Gasteiger partial charge >= 0.3 is 6.09 Å². The van der Waals surface area contributed by atoms with Gasteiger partial charge in [-0.2, -0.15) is 0 Å². The normalized spacial score (nSPS) is 20.8. The van der Waals surface area contributed by atoms with Gasteiger partial charge in [0, 0.05) is 45.3 Å². The number of alkyl carbamates (subject to hydrolysis) is 1. The Kier molecular flexibility index (Phi) is 8.76. The lowest BCUT2D eigenvalue weighted by atomic mass is 9.97. The predicted octanol–water partition coefficient (Wildman–Crippen LogP) is 2.73. The van der Waals surface area contributed by atoms with Crippen molar-refractivity contribution in [3.05, 3.63) is 35.9 Å². The number of hydrogen-bond donors (Lipinski definition) is 3. The molecule has 2 rings (SSSR count). The zero-order valence-corrected chi connectivity index (χ0v) is 18.5. The van der Waals surface area contributed by atoms with E-state index < -0.39 is 11.7 Å². The molecule has 1 aliphatic rings. The molecule has 1 amide bonds. The van der Waals surface area contributed by atoms with Crippen molar-refractivity contribution in [3.63, 3.8) is 0 Å². The maximum Gasteiger partial charge on any atom is 0.407 e. The first-order valence-electron chi connectivity index (χ1n) is 10.5. The van der Waals surface area contributed by atoms with Gasteiger partial charge in [0.25, 0.3) is 0 Å². The summed E-state index contributed by atoms with van der Waals surface area (Å²) in [6.07, 6.45) is 1.75. The Bertz CT molecular complexity index is 657. The van der Waals surface area contributed by atoms with Crippen molar-refractivity contribution in [1.82, 2.24) is 20.9 Å². The summed E-state index contributed by atoms with van der Waals surface area (Å²) in [4.78, 5) is 18.5. The van der Waals surface area contributed by atoms with Gasteiger partial charge in [-0.15, -0.1) is 0 Å². The van der Waals surface area contributed by atoms with Gasteiger partial charge in [0.05, 0.1) is 0 Å². The Hall–Kier alpha value is -2.28. The minimum atomic E-state index is -0.485. The van der Waals surface area contributed by atoms with Crippen LogP contribution in [0.1, 0.15) is 46.1 Å². The molecule has 1 aromatic carbocycles. The number of carbonyl (C=O) groups is 1. The van der Waals surface area contributed by atoms with Gasteiger partial charge in [0.2, 0.25) is 0 Å². The number of nitrogens with one attached hydrogen (secondary N) is 3. The second-order valence-corrected chi connectivity index (χ2v) is 8.60. The van der Waals surface area contributed by atoms with Crippen LogP contribution in [0.3, 0.4) is 0 Å². The van der Waals surface area contributed by atoms with E-state index in [1.165, 1.54) is 5.56 Å². The lowest BCUT2D eigenvalue weighted by molar-refractivity contribution is 0.0529. The fourth-order valence-electron chi connectivity index (χ4n) is 3.45. The maximum atomic E-state index is 11.7. The van der Waals surface area contributed by atoms with Crippen molar-refractivity contribution in [2.24, 2.45) is 4.99 Å². The summed E-state index contributed by atoms with van der Waals surface area (Å²) in [7, 11) is 1.77. The number of ether oxygens (including phenoxy) is 1. The van der Waals surface area contributed by atoms with Crippen molar-refractivity contribution in [3.8, 4) is 0 Å². The molecule has 2 unspecified atom stereocenters. The van der Waals surface area contributed by atoms with Crippen LogP contribution in [-0.2, 0) is 11.3 Å². The van der Waals surface area contributed by atoms with Gasteiger partial charge in [-0.1, -0.05) is 30.3 Å². The number of hydrogen-bond acceptors (Lipinski definition) is 4. The molecule has 1 aromatic rings. The van der Waals surface area contributed by atoms with E-state index in [2.05, 4.69) is 63.1 Å². The highest BCUT2D eigenvalue weighted by Crippen LogP contribution is 2.19. The summed E-state index contributed by atoms with van der Waals surface area (Å²) in [5.74, 6) is 0.768. The first-order chi connectivity index (χ1) is 13.8. The van der Waals surface area contributed by atoms with Gasteiger partial charge in [-0.3, -0.25) is 9.89 Å². The van der Waals surface area contributed by atoms with Crippen LogP contribution in [-0.4, -0.2) is 61.3 Å². The van der Waals surface area contributed by atoms with Crippen molar-refractivity contribution < 1.29 is 9.53 Å². The van der Waals surface area contributed by atoms with E-state index in [-0.39, 0.29) is 0 Å². The topological polar surface area (TPSA) is 78.0 Å². The lowest BCUT2D eigenvalue weighted by Gasteiger charge is -2.38. The molecular formula is C22H37N5O2. The number of aliphatic imine (C=N–C) groups is 1. The molecular weight excluding hydrogens is 366 g/mol. The second kappa shape index (κ2) is 11.0. The van der Waals surface area contributed by atoms with Gasteiger partial charge in [-0.25, -0.2) is 4.79 Å². The number of carbonyl (C=O) groups excluding carboxylic acids is 1. The molecule has 1 aliphatic heterocycles. The average molecular weight is 404 g/mol. The molecule has 2 atom stereocenters. The molecule has 0 radical (unpaired) electrons. The Morgan fingerprint density at radius 3 is 2.52 bits per heavy atom. The molecule has 1 saturated heterocycles. The molecule has 0 aromatic heterocycles. The monoisotopic (exact) mass is 403 g/mol. The number of amides is 1. The third-order valence-electron chi connectivity index (χ3n) is 4.89. The van der Waals surface area contributed by atoms with Crippen molar-refractivity contribution in [1.29, 1.82) is 0 Å². The highest BCUT2D eigenvalue weighted by molar-refractivity contribution is 5.80. The third kappa shape index (κ3) is 8.73. The van der Waals surface area contributed by atoms with Crippen LogP contribution < -0.4 is 16.0 Å². The predicted molar refractivity (Wildman–Crippen MR) is 118 cm³/mol. The quantitative estimate of drug-likeness (QED) is 0.387. The fraction of sp³-hybridized carbons (Fsp3) is 0.636. The van der Waals surface area contributed by atoms with Crippen LogP contribution in [0, 0.1) is 0 Å². The Morgan fingerprint density at radius 1 is 1.21 bits per heavy atom. The van der Waals surface area contributed by atoms with Crippen molar-refractivity contribution in [2.75, 3.05) is 26.7 Å². The summed E-state index contributed by atoms with van der Waals surface area (Å²) in [5.41, 5.74) is 0.877. The van der Waals surface area contributed by atoms with Crippen LogP contribution >= 0.6 is 0 Å². The summed E-state index contributed by atoms with van der Waals surface area (Å²) in [6.45, 7) is 11.0. The van der Waals surface area contributed by atoms with Crippen molar-refractivity contribution in [2.45, 2.75) is 64.8 Å².